The van der Waals surface area contributed by atoms with Gasteiger partial charge < -0.3 is 10.3 Å². The molecule has 1 unspecified atom stereocenters. The monoisotopic (exact) mass is 282 g/mol. The number of hydrogen-bond acceptors (Lipinski definition) is 2. The molecule has 2 N–H and O–H groups in total. The lowest BCUT2D eigenvalue weighted by molar-refractivity contribution is 0.623. The maximum atomic E-state index is 13.3. The summed E-state index contributed by atoms with van der Waals surface area (Å²) >= 11 is 0. The smallest absolute Gasteiger partial charge is 0.257 e. The second kappa shape index (κ2) is 5.40. The van der Waals surface area contributed by atoms with Crippen LogP contribution in [0.5, 0.6) is 0 Å². The predicted molar refractivity (Wildman–Crippen MR) is 83.0 cm³/mol. The van der Waals surface area contributed by atoms with Crippen LogP contribution in [0.2, 0.25) is 0 Å². The van der Waals surface area contributed by atoms with Gasteiger partial charge in [0.25, 0.3) is 5.56 Å². The maximum absolute atomic E-state index is 13.3. The van der Waals surface area contributed by atoms with E-state index in [-0.39, 0.29) is 17.4 Å². The minimum Gasteiger partial charge on any atom is -0.365 e. The van der Waals surface area contributed by atoms with Gasteiger partial charge in [0.15, 0.2) is 0 Å². The number of H-pyrrole nitrogens is 1. The first-order chi connectivity index (χ1) is 10.1. The third-order valence-corrected chi connectivity index (χ3v) is 3.47. The van der Waals surface area contributed by atoms with Crippen molar-refractivity contribution in [3.05, 3.63) is 76.3 Å². The van der Waals surface area contributed by atoms with Crippen molar-refractivity contribution in [2.45, 2.75) is 13.0 Å². The fourth-order valence-electron chi connectivity index (χ4n) is 2.38. The van der Waals surface area contributed by atoms with E-state index in [4.69, 9.17) is 0 Å². The van der Waals surface area contributed by atoms with E-state index in [1.165, 1.54) is 12.1 Å². The molecule has 0 saturated heterocycles. The summed E-state index contributed by atoms with van der Waals surface area (Å²) < 4.78 is 13.3. The minimum atomic E-state index is -0.270. The molecule has 0 radical (unpaired) electrons. The molecule has 0 spiro atoms. The van der Waals surface area contributed by atoms with Crippen molar-refractivity contribution >= 4 is 16.6 Å². The van der Waals surface area contributed by atoms with Gasteiger partial charge in [-0.3, -0.25) is 4.79 Å². The van der Waals surface area contributed by atoms with Crippen LogP contribution in [0.4, 0.5) is 10.2 Å². The van der Waals surface area contributed by atoms with Crippen LogP contribution in [-0.2, 0) is 0 Å². The Hall–Kier alpha value is -2.62. The van der Waals surface area contributed by atoms with Crippen molar-refractivity contribution in [1.29, 1.82) is 0 Å². The van der Waals surface area contributed by atoms with Gasteiger partial charge in [0, 0.05) is 11.4 Å². The van der Waals surface area contributed by atoms with E-state index in [2.05, 4.69) is 10.3 Å². The lowest BCUT2D eigenvalue weighted by Gasteiger charge is -2.16. The Balaban J connectivity index is 1.93. The molecular formula is C17H15FN2O. The number of anilines is 1. The SMILES string of the molecule is CC(Nc1cc2ccccc2c(=O)[nH]1)c1cccc(F)c1. The summed E-state index contributed by atoms with van der Waals surface area (Å²) in [6, 6.07) is 15.6. The van der Waals surface area contributed by atoms with Crippen LogP contribution in [0.25, 0.3) is 10.8 Å². The van der Waals surface area contributed by atoms with E-state index in [1.807, 2.05) is 37.3 Å². The van der Waals surface area contributed by atoms with Crippen LogP contribution in [0.1, 0.15) is 18.5 Å². The molecule has 0 aliphatic rings. The van der Waals surface area contributed by atoms with Crippen molar-refractivity contribution in [2.75, 3.05) is 5.32 Å². The number of fused-ring (bicyclic) bond motifs is 1. The van der Waals surface area contributed by atoms with Crippen LogP contribution in [-0.4, -0.2) is 4.98 Å². The molecule has 21 heavy (non-hydrogen) atoms. The number of rotatable bonds is 3. The summed E-state index contributed by atoms with van der Waals surface area (Å²) in [6.07, 6.45) is 0. The molecule has 4 heteroatoms. The van der Waals surface area contributed by atoms with Crippen molar-refractivity contribution in [3.63, 3.8) is 0 Å². The number of halogens is 1. The number of aromatic amines is 1. The molecule has 0 saturated carbocycles. The largest absolute Gasteiger partial charge is 0.365 e. The summed E-state index contributed by atoms with van der Waals surface area (Å²) in [5, 5.41) is 4.72. The van der Waals surface area contributed by atoms with Gasteiger partial charge in [0.1, 0.15) is 11.6 Å². The van der Waals surface area contributed by atoms with E-state index in [1.54, 1.807) is 12.1 Å². The normalized spacial score (nSPS) is 12.3. The Kier molecular flexibility index (Phi) is 3.44. The predicted octanol–water partition coefficient (Wildman–Crippen LogP) is 3.84. The summed E-state index contributed by atoms with van der Waals surface area (Å²) in [5.41, 5.74) is 0.686. The summed E-state index contributed by atoms with van der Waals surface area (Å²) in [4.78, 5) is 14.8. The second-order valence-corrected chi connectivity index (χ2v) is 5.02. The van der Waals surface area contributed by atoms with Gasteiger partial charge in [0.05, 0.1) is 0 Å². The molecule has 0 amide bonds. The van der Waals surface area contributed by atoms with E-state index in [9.17, 15) is 9.18 Å². The van der Waals surface area contributed by atoms with Gasteiger partial charge in [-0.25, -0.2) is 4.39 Å². The highest BCUT2D eigenvalue weighted by Crippen LogP contribution is 2.20. The Morgan fingerprint density at radius 3 is 2.71 bits per heavy atom. The number of benzene rings is 2. The highest BCUT2D eigenvalue weighted by molar-refractivity contribution is 5.83. The second-order valence-electron chi connectivity index (χ2n) is 5.02. The zero-order valence-corrected chi connectivity index (χ0v) is 11.6. The molecule has 0 aliphatic carbocycles. The lowest BCUT2D eigenvalue weighted by Crippen LogP contribution is -2.13. The molecule has 0 fully saturated rings. The van der Waals surface area contributed by atoms with Gasteiger partial charge >= 0.3 is 0 Å². The van der Waals surface area contributed by atoms with Gasteiger partial charge in [-0.05, 0) is 42.1 Å². The number of pyridine rings is 1. The molecule has 1 atom stereocenters. The fourth-order valence-corrected chi connectivity index (χ4v) is 2.38. The molecular weight excluding hydrogens is 267 g/mol. The molecule has 106 valence electrons. The molecule has 0 aliphatic heterocycles. The zero-order chi connectivity index (χ0) is 14.8. The molecule has 3 aromatic rings. The van der Waals surface area contributed by atoms with Gasteiger partial charge in [-0.1, -0.05) is 30.3 Å². The highest BCUT2D eigenvalue weighted by Gasteiger charge is 2.08. The molecule has 3 nitrogen and oxygen atoms in total. The van der Waals surface area contributed by atoms with Crippen molar-refractivity contribution in [3.8, 4) is 0 Å². The Morgan fingerprint density at radius 1 is 1.10 bits per heavy atom. The van der Waals surface area contributed by atoms with Crippen molar-refractivity contribution in [1.82, 2.24) is 4.98 Å². The topological polar surface area (TPSA) is 44.9 Å². The summed E-state index contributed by atoms with van der Waals surface area (Å²) in [7, 11) is 0. The Morgan fingerprint density at radius 2 is 1.90 bits per heavy atom. The Bertz CT molecular complexity index is 841. The summed E-state index contributed by atoms with van der Waals surface area (Å²) in [6.45, 7) is 1.92. The van der Waals surface area contributed by atoms with Crippen LogP contribution in [0.15, 0.2) is 59.4 Å². The average Bonchev–Trinajstić information content (AvgIpc) is 2.47. The third-order valence-electron chi connectivity index (χ3n) is 3.47. The van der Waals surface area contributed by atoms with Crippen LogP contribution in [0.3, 0.4) is 0 Å². The molecule has 2 aromatic carbocycles. The lowest BCUT2D eigenvalue weighted by atomic mass is 10.1. The van der Waals surface area contributed by atoms with Gasteiger partial charge in [0.2, 0.25) is 0 Å². The minimum absolute atomic E-state index is 0.113. The van der Waals surface area contributed by atoms with Gasteiger partial charge in [-0.2, -0.15) is 0 Å². The number of hydrogen-bond donors (Lipinski definition) is 2. The van der Waals surface area contributed by atoms with Crippen LogP contribution < -0.4 is 10.9 Å². The van der Waals surface area contributed by atoms with E-state index < -0.39 is 0 Å². The number of aromatic nitrogens is 1. The fraction of sp³-hybridized carbons (Fsp3) is 0.118. The first-order valence-electron chi connectivity index (χ1n) is 6.77. The standard InChI is InChI=1S/C17H15FN2O/c1-11(12-6-4-7-14(18)9-12)19-16-10-13-5-2-3-8-15(13)17(21)20-16/h2-11H,1H3,(H2,19,20,21). The van der Waals surface area contributed by atoms with Crippen LogP contribution in [0, 0.1) is 5.82 Å². The van der Waals surface area contributed by atoms with Crippen molar-refractivity contribution < 1.29 is 4.39 Å². The summed E-state index contributed by atoms with van der Waals surface area (Å²) in [5.74, 6) is 0.351. The van der Waals surface area contributed by atoms with Gasteiger partial charge in [-0.15, -0.1) is 0 Å². The van der Waals surface area contributed by atoms with Crippen LogP contribution >= 0.6 is 0 Å². The van der Waals surface area contributed by atoms with Crippen molar-refractivity contribution in [2.24, 2.45) is 0 Å². The molecule has 0 bridgehead atoms. The zero-order valence-electron chi connectivity index (χ0n) is 11.6. The molecule has 1 heterocycles. The quantitative estimate of drug-likeness (QED) is 0.766. The van der Waals surface area contributed by atoms with E-state index in [0.29, 0.717) is 11.2 Å². The molecule has 1 aromatic heterocycles. The Labute approximate surface area is 121 Å². The van der Waals surface area contributed by atoms with E-state index >= 15 is 0 Å². The average molecular weight is 282 g/mol. The molecule has 3 rings (SSSR count). The first kappa shape index (κ1) is 13.4. The maximum Gasteiger partial charge on any atom is 0.257 e. The third kappa shape index (κ3) is 2.79. The number of nitrogens with one attached hydrogen (secondary N) is 2. The van der Waals surface area contributed by atoms with E-state index in [0.717, 1.165) is 10.9 Å². The first-order valence-corrected chi connectivity index (χ1v) is 6.77. The highest BCUT2D eigenvalue weighted by atomic mass is 19.1.